The summed E-state index contributed by atoms with van der Waals surface area (Å²) in [6.07, 6.45) is 0.432. The average molecular weight is 300 g/mol. The molecule has 2 rings (SSSR count). The minimum absolute atomic E-state index is 0.0776. The van der Waals surface area contributed by atoms with Gasteiger partial charge >= 0.3 is 0 Å². The van der Waals surface area contributed by atoms with E-state index in [1.54, 1.807) is 19.1 Å². The first-order chi connectivity index (χ1) is 7.44. The van der Waals surface area contributed by atoms with Gasteiger partial charge in [0.2, 0.25) is 0 Å². The molecule has 0 saturated heterocycles. The highest BCUT2D eigenvalue weighted by Crippen LogP contribution is 2.51. The van der Waals surface area contributed by atoms with Gasteiger partial charge in [0, 0.05) is 4.47 Å². The zero-order chi connectivity index (χ0) is 12.0. The van der Waals surface area contributed by atoms with Crippen LogP contribution in [0.15, 0.2) is 33.6 Å². The van der Waals surface area contributed by atoms with Gasteiger partial charge in [-0.3, -0.25) is 0 Å². The fourth-order valence-electron chi connectivity index (χ4n) is 1.81. The summed E-state index contributed by atoms with van der Waals surface area (Å²) < 4.78 is 24.1. The second kappa shape index (κ2) is 3.57. The van der Waals surface area contributed by atoms with Crippen molar-refractivity contribution in [3.8, 4) is 6.07 Å². The molecular weight excluding hydrogens is 290 g/mol. The molecule has 0 heterocycles. The van der Waals surface area contributed by atoms with Crippen LogP contribution in [0.25, 0.3) is 0 Å². The third-order valence-corrected chi connectivity index (χ3v) is 6.08. The van der Waals surface area contributed by atoms with Gasteiger partial charge in [0.05, 0.1) is 11.0 Å². The number of halogens is 1. The Morgan fingerprint density at radius 2 is 1.94 bits per heavy atom. The fraction of sp³-hybridized carbons (Fsp3) is 0.364. The Morgan fingerprint density at radius 1 is 1.44 bits per heavy atom. The molecule has 1 aliphatic rings. The lowest BCUT2D eigenvalue weighted by Crippen LogP contribution is -2.23. The molecule has 0 spiro atoms. The van der Waals surface area contributed by atoms with Gasteiger partial charge in [-0.15, -0.1) is 0 Å². The molecule has 16 heavy (non-hydrogen) atoms. The van der Waals surface area contributed by atoms with Crippen molar-refractivity contribution in [3.05, 3.63) is 28.7 Å². The van der Waals surface area contributed by atoms with Crippen molar-refractivity contribution >= 4 is 25.8 Å². The van der Waals surface area contributed by atoms with E-state index in [9.17, 15) is 8.42 Å². The van der Waals surface area contributed by atoms with Crippen molar-refractivity contribution in [1.82, 2.24) is 0 Å². The minimum Gasteiger partial charge on any atom is -0.222 e. The Bertz CT molecular complexity index is 559. The quantitative estimate of drug-likeness (QED) is 0.843. The van der Waals surface area contributed by atoms with Crippen molar-refractivity contribution in [2.75, 3.05) is 0 Å². The van der Waals surface area contributed by atoms with Crippen LogP contribution in [0, 0.1) is 17.2 Å². The van der Waals surface area contributed by atoms with Gasteiger partial charge in [-0.1, -0.05) is 22.9 Å². The zero-order valence-electron chi connectivity index (χ0n) is 8.64. The maximum absolute atomic E-state index is 12.2. The normalized spacial score (nSPS) is 28.4. The molecule has 0 N–H and O–H groups in total. The standard InChI is InChI=1S/C11H10BrNO2S/c1-8-6-11(8,7-13)16(14,15)10-4-2-9(12)3-5-10/h2-5,8H,6H2,1H3. The van der Waals surface area contributed by atoms with E-state index in [2.05, 4.69) is 15.9 Å². The molecule has 1 aromatic rings. The number of rotatable bonds is 2. The van der Waals surface area contributed by atoms with Crippen LogP contribution in [-0.2, 0) is 9.84 Å². The van der Waals surface area contributed by atoms with Gasteiger partial charge in [0.25, 0.3) is 0 Å². The van der Waals surface area contributed by atoms with Crippen LogP contribution < -0.4 is 0 Å². The monoisotopic (exact) mass is 299 g/mol. The maximum atomic E-state index is 12.2. The van der Waals surface area contributed by atoms with E-state index < -0.39 is 14.6 Å². The smallest absolute Gasteiger partial charge is 0.197 e. The van der Waals surface area contributed by atoms with Crippen molar-refractivity contribution in [1.29, 1.82) is 5.26 Å². The zero-order valence-corrected chi connectivity index (χ0v) is 11.0. The molecule has 3 nitrogen and oxygen atoms in total. The topological polar surface area (TPSA) is 57.9 Å². The Kier molecular flexibility index (Phi) is 2.59. The second-order valence-corrected chi connectivity index (χ2v) is 7.19. The van der Waals surface area contributed by atoms with Gasteiger partial charge < -0.3 is 0 Å². The SMILES string of the molecule is CC1CC1(C#N)S(=O)(=O)c1ccc(Br)cc1. The number of benzene rings is 1. The summed E-state index contributed by atoms with van der Waals surface area (Å²) >= 11 is 3.25. The minimum atomic E-state index is -3.53. The van der Waals surface area contributed by atoms with Crippen molar-refractivity contribution < 1.29 is 8.42 Å². The molecule has 0 bridgehead atoms. The number of hydrogen-bond acceptors (Lipinski definition) is 3. The summed E-state index contributed by atoms with van der Waals surface area (Å²) in [6.45, 7) is 1.79. The molecule has 0 aromatic heterocycles. The number of hydrogen-bond donors (Lipinski definition) is 0. The molecule has 1 saturated carbocycles. The summed E-state index contributed by atoms with van der Waals surface area (Å²) in [5.74, 6) is -0.0776. The lowest BCUT2D eigenvalue weighted by Gasteiger charge is -2.09. The lowest BCUT2D eigenvalue weighted by molar-refractivity contribution is 0.584. The molecule has 1 fully saturated rings. The fourth-order valence-corrected chi connectivity index (χ4v) is 4.11. The van der Waals surface area contributed by atoms with Crippen LogP contribution in [0.3, 0.4) is 0 Å². The first kappa shape index (κ1) is 11.6. The van der Waals surface area contributed by atoms with Gasteiger partial charge in [0.1, 0.15) is 0 Å². The number of sulfone groups is 1. The van der Waals surface area contributed by atoms with Crippen LogP contribution in [0.5, 0.6) is 0 Å². The third-order valence-electron chi connectivity index (χ3n) is 3.04. The van der Waals surface area contributed by atoms with Crippen molar-refractivity contribution in [3.63, 3.8) is 0 Å². The van der Waals surface area contributed by atoms with Crippen LogP contribution in [0.1, 0.15) is 13.3 Å². The Morgan fingerprint density at radius 3 is 2.31 bits per heavy atom. The molecule has 2 atom stereocenters. The average Bonchev–Trinajstić information content (AvgIpc) is 2.92. The van der Waals surface area contributed by atoms with E-state index in [0.717, 1.165) is 4.47 Å². The first-order valence-electron chi connectivity index (χ1n) is 4.85. The molecule has 1 aliphatic carbocycles. The van der Waals surface area contributed by atoms with Crippen molar-refractivity contribution in [2.45, 2.75) is 23.0 Å². The Balaban J connectivity index is 2.49. The predicted octanol–water partition coefficient (Wildman–Crippen LogP) is 2.52. The molecular formula is C11H10BrNO2S. The highest BCUT2D eigenvalue weighted by molar-refractivity contribution is 9.10. The summed E-state index contributed by atoms with van der Waals surface area (Å²) in [4.78, 5) is 0.224. The molecule has 2 unspecified atom stereocenters. The lowest BCUT2D eigenvalue weighted by atomic mass is 10.4. The number of nitriles is 1. The van der Waals surface area contributed by atoms with Gasteiger partial charge in [0.15, 0.2) is 14.6 Å². The largest absolute Gasteiger partial charge is 0.222 e. The first-order valence-corrected chi connectivity index (χ1v) is 7.13. The highest BCUT2D eigenvalue weighted by atomic mass is 79.9. The van der Waals surface area contributed by atoms with E-state index in [-0.39, 0.29) is 10.8 Å². The van der Waals surface area contributed by atoms with E-state index in [1.807, 2.05) is 6.07 Å². The molecule has 0 amide bonds. The van der Waals surface area contributed by atoms with Gasteiger partial charge in [-0.25, -0.2) is 8.42 Å². The van der Waals surface area contributed by atoms with E-state index in [4.69, 9.17) is 5.26 Å². The Hall–Kier alpha value is -0.860. The van der Waals surface area contributed by atoms with Crippen molar-refractivity contribution in [2.24, 2.45) is 5.92 Å². The second-order valence-electron chi connectivity index (χ2n) is 4.06. The van der Waals surface area contributed by atoms with Gasteiger partial charge in [-0.2, -0.15) is 5.26 Å². The molecule has 1 aromatic carbocycles. The number of nitrogens with zero attached hydrogens (tertiary/aromatic N) is 1. The van der Waals surface area contributed by atoms with Crippen LogP contribution >= 0.6 is 15.9 Å². The highest BCUT2D eigenvalue weighted by Gasteiger charge is 2.62. The summed E-state index contributed by atoms with van der Waals surface area (Å²) in [5, 5.41) is 9.04. The van der Waals surface area contributed by atoms with E-state index >= 15 is 0 Å². The molecule has 0 radical (unpaired) electrons. The molecule has 0 aliphatic heterocycles. The van der Waals surface area contributed by atoms with E-state index in [1.165, 1.54) is 12.1 Å². The molecule has 84 valence electrons. The van der Waals surface area contributed by atoms with Crippen LogP contribution in [0.2, 0.25) is 0 Å². The Labute approximate surface area is 103 Å². The van der Waals surface area contributed by atoms with Crippen LogP contribution in [0.4, 0.5) is 0 Å². The van der Waals surface area contributed by atoms with Crippen LogP contribution in [-0.4, -0.2) is 13.2 Å². The predicted molar refractivity (Wildman–Crippen MR) is 63.5 cm³/mol. The summed E-state index contributed by atoms with van der Waals surface area (Å²) in [5.41, 5.74) is 0. The summed E-state index contributed by atoms with van der Waals surface area (Å²) in [7, 11) is -3.53. The maximum Gasteiger partial charge on any atom is 0.197 e. The van der Waals surface area contributed by atoms with Gasteiger partial charge in [-0.05, 0) is 36.6 Å². The third kappa shape index (κ3) is 1.48. The molecule has 5 heteroatoms. The van der Waals surface area contributed by atoms with E-state index in [0.29, 0.717) is 6.42 Å². The summed E-state index contributed by atoms with van der Waals surface area (Å²) in [6, 6.07) is 8.36.